The standard InChI is InChI=1S/C19H29N3O3S/c1-14(2)20-19(23)15(3)21-9-11-22(12-10-21)26(24,25)18-8-7-16-5-4-6-17(16)13-18/h7-8,13-15H,4-6,9-12H2,1-3H3,(H,20,23). The van der Waals surface area contributed by atoms with Gasteiger partial charge in [-0.2, -0.15) is 4.31 Å². The summed E-state index contributed by atoms with van der Waals surface area (Å²) in [6.07, 6.45) is 3.12. The number of amides is 1. The van der Waals surface area contributed by atoms with E-state index in [1.807, 2.05) is 37.8 Å². The van der Waals surface area contributed by atoms with Crippen molar-refractivity contribution in [3.05, 3.63) is 29.3 Å². The van der Waals surface area contributed by atoms with Crippen LogP contribution in [-0.2, 0) is 27.7 Å². The molecule has 1 aliphatic heterocycles. The van der Waals surface area contributed by atoms with Gasteiger partial charge in [-0.1, -0.05) is 6.07 Å². The van der Waals surface area contributed by atoms with Crippen molar-refractivity contribution in [1.29, 1.82) is 0 Å². The summed E-state index contributed by atoms with van der Waals surface area (Å²) in [6.45, 7) is 7.71. The number of sulfonamides is 1. The SMILES string of the molecule is CC(C)NC(=O)C(C)N1CCN(S(=O)(=O)c2ccc3c(c2)CCC3)CC1. The summed E-state index contributed by atoms with van der Waals surface area (Å²) in [6, 6.07) is 5.41. The van der Waals surface area contributed by atoms with E-state index in [2.05, 4.69) is 5.32 Å². The highest BCUT2D eigenvalue weighted by atomic mass is 32.2. The molecule has 0 aromatic heterocycles. The van der Waals surface area contributed by atoms with Crippen molar-refractivity contribution in [2.75, 3.05) is 26.2 Å². The van der Waals surface area contributed by atoms with Gasteiger partial charge in [0.05, 0.1) is 10.9 Å². The number of carbonyl (C=O) groups is 1. The van der Waals surface area contributed by atoms with Gasteiger partial charge in [0.15, 0.2) is 0 Å². The smallest absolute Gasteiger partial charge is 0.243 e. The highest BCUT2D eigenvalue weighted by molar-refractivity contribution is 7.89. The molecule has 6 nitrogen and oxygen atoms in total. The third-order valence-corrected chi connectivity index (χ3v) is 7.23. The lowest BCUT2D eigenvalue weighted by Crippen LogP contribution is -2.55. The van der Waals surface area contributed by atoms with Gasteiger partial charge in [0, 0.05) is 32.2 Å². The van der Waals surface area contributed by atoms with Crippen molar-refractivity contribution in [3.8, 4) is 0 Å². The van der Waals surface area contributed by atoms with Gasteiger partial charge in [-0.25, -0.2) is 8.42 Å². The zero-order valence-electron chi connectivity index (χ0n) is 15.9. The maximum absolute atomic E-state index is 13.0. The third kappa shape index (κ3) is 3.94. The van der Waals surface area contributed by atoms with Gasteiger partial charge in [-0.05, 0) is 63.3 Å². The van der Waals surface area contributed by atoms with Crippen LogP contribution >= 0.6 is 0 Å². The average molecular weight is 380 g/mol. The Morgan fingerprint density at radius 1 is 1.04 bits per heavy atom. The Kier molecular flexibility index (Phi) is 5.69. The molecule has 0 bridgehead atoms. The topological polar surface area (TPSA) is 69.7 Å². The largest absolute Gasteiger partial charge is 0.353 e. The molecule has 1 atom stereocenters. The van der Waals surface area contributed by atoms with E-state index in [0.29, 0.717) is 31.1 Å². The van der Waals surface area contributed by atoms with Crippen molar-refractivity contribution in [3.63, 3.8) is 0 Å². The number of rotatable bonds is 5. The van der Waals surface area contributed by atoms with E-state index in [4.69, 9.17) is 0 Å². The first-order valence-electron chi connectivity index (χ1n) is 9.45. The van der Waals surface area contributed by atoms with E-state index in [0.717, 1.165) is 19.3 Å². The number of fused-ring (bicyclic) bond motifs is 1. The minimum absolute atomic E-state index is 0.00470. The maximum Gasteiger partial charge on any atom is 0.243 e. The van der Waals surface area contributed by atoms with Crippen molar-refractivity contribution in [1.82, 2.24) is 14.5 Å². The third-order valence-electron chi connectivity index (χ3n) is 5.34. The Hall–Kier alpha value is -1.44. The Labute approximate surface area is 156 Å². The minimum Gasteiger partial charge on any atom is -0.353 e. The normalized spacial score (nSPS) is 20.2. The molecule has 144 valence electrons. The monoisotopic (exact) mass is 379 g/mol. The molecular formula is C19H29N3O3S. The number of hydrogen-bond donors (Lipinski definition) is 1. The Morgan fingerprint density at radius 2 is 1.69 bits per heavy atom. The van der Waals surface area contributed by atoms with Crippen LogP contribution < -0.4 is 5.32 Å². The molecule has 0 saturated carbocycles. The van der Waals surface area contributed by atoms with Crippen LogP contribution in [0.25, 0.3) is 0 Å². The summed E-state index contributed by atoms with van der Waals surface area (Å²) in [7, 11) is -3.47. The molecule has 26 heavy (non-hydrogen) atoms. The zero-order valence-corrected chi connectivity index (χ0v) is 16.7. The van der Waals surface area contributed by atoms with Crippen LogP contribution in [0.15, 0.2) is 23.1 Å². The fourth-order valence-electron chi connectivity index (χ4n) is 3.76. The summed E-state index contributed by atoms with van der Waals surface area (Å²) >= 11 is 0. The molecule has 1 aromatic carbocycles. The Balaban J connectivity index is 1.64. The van der Waals surface area contributed by atoms with Gasteiger partial charge in [0.1, 0.15) is 0 Å². The zero-order chi connectivity index (χ0) is 18.9. The second kappa shape index (κ2) is 7.66. The van der Waals surface area contributed by atoms with Gasteiger partial charge in [-0.15, -0.1) is 0 Å². The number of carbonyl (C=O) groups excluding carboxylic acids is 1. The van der Waals surface area contributed by atoms with Gasteiger partial charge in [0.25, 0.3) is 0 Å². The van der Waals surface area contributed by atoms with Crippen LogP contribution in [0.4, 0.5) is 0 Å². The van der Waals surface area contributed by atoms with Crippen molar-refractivity contribution in [2.45, 2.75) is 57.0 Å². The molecule has 7 heteroatoms. The van der Waals surface area contributed by atoms with E-state index in [-0.39, 0.29) is 18.0 Å². The molecule has 1 amide bonds. The van der Waals surface area contributed by atoms with Gasteiger partial charge in [0.2, 0.25) is 15.9 Å². The molecule has 1 saturated heterocycles. The predicted molar refractivity (Wildman–Crippen MR) is 102 cm³/mol. The quantitative estimate of drug-likeness (QED) is 0.839. The lowest BCUT2D eigenvalue weighted by Gasteiger charge is -2.37. The van der Waals surface area contributed by atoms with Crippen LogP contribution in [0.5, 0.6) is 0 Å². The fourth-order valence-corrected chi connectivity index (χ4v) is 5.23. The van der Waals surface area contributed by atoms with Crippen molar-refractivity contribution < 1.29 is 13.2 Å². The maximum atomic E-state index is 13.0. The predicted octanol–water partition coefficient (Wildman–Crippen LogP) is 1.39. The number of hydrogen-bond acceptors (Lipinski definition) is 4. The molecule has 3 rings (SSSR count). The molecule has 1 heterocycles. The first-order chi connectivity index (χ1) is 12.3. The molecule has 1 fully saturated rings. The molecule has 1 unspecified atom stereocenters. The summed E-state index contributed by atoms with van der Waals surface area (Å²) < 4.78 is 27.5. The van der Waals surface area contributed by atoms with Gasteiger partial charge >= 0.3 is 0 Å². The van der Waals surface area contributed by atoms with E-state index in [9.17, 15) is 13.2 Å². The molecule has 0 radical (unpaired) electrons. The Morgan fingerprint density at radius 3 is 2.35 bits per heavy atom. The highest BCUT2D eigenvalue weighted by Crippen LogP contribution is 2.26. The number of aryl methyl sites for hydroxylation is 2. The van der Waals surface area contributed by atoms with E-state index < -0.39 is 10.0 Å². The summed E-state index contributed by atoms with van der Waals surface area (Å²) in [5.74, 6) is -0.00470. The average Bonchev–Trinajstić information content (AvgIpc) is 3.08. The second-order valence-corrected chi connectivity index (χ2v) is 9.50. The first kappa shape index (κ1) is 19.3. The van der Waals surface area contributed by atoms with Crippen LogP contribution in [0, 0.1) is 0 Å². The minimum atomic E-state index is -3.47. The van der Waals surface area contributed by atoms with Gasteiger partial charge < -0.3 is 5.32 Å². The highest BCUT2D eigenvalue weighted by Gasteiger charge is 2.32. The van der Waals surface area contributed by atoms with Gasteiger partial charge in [-0.3, -0.25) is 9.69 Å². The molecular weight excluding hydrogens is 350 g/mol. The summed E-state index contributed by atoms with van der Waals surface area (Å²) in [5, 5.41) is 2.92. The number of piperazine rings is 1. The molecule has 1 aromatic rings. The molecule has 0 spiro atoms. The lowest BCUT2D eigenvalue weighted by atomic mass is 10.1. The number of nitrogens with one attached hydrogen (secondary N) is 1. The molecule has 1 aliphatic carbocycles. The lowest BCUT2D eigenvalue weighted by molar-refractivity contribution is -0.126. The molecule has 2 aliphatic rings. The van der Waals surface area contributed by atoms with Crippen molar-refractivity contribution >= 4 is 15.9 Å². The van der Waals surface area contributed by atoms with Crippen LogP contribution in [-0.4, -0.2) is 61.8 Å². The summed E-state index contributed by atoms with van der Waals surface area (Å²) in [5.41, 5.74) is 2.45. The van der Waals surface area contributed by atoms with Crippen LogP contribution in [0.3, 0.4) is 0 Å². The first-order valence-corrected chi connectivity index (χ1v) is 10.9. The Bertz CT molecular complexity index is 768. The molecule has 1 N–H and O–H groups in total. The van der Waals surface area contributed by atoms with E-state index >= 15 is 0 Å². The number of benzene rings is 1. The fraction of sp³-hybridized carbons (Fsp3) is 0.632. The van der Waals surface area contributed by atoms with E-state index in [1.54, 1.807) is 10.4 Å². The van der Waals surface area contributed by atoms with E-state index in [1.165, 1.54) is 11.1 Å². The van der Waals surface area contributed by atoms with Crippen molar-refractivity contribution in [2.24, 2.45) is 0 Å². The second-order valence-electron chi connectivity index (χ2n) is 7.56. The van der Waals surface area contributed by atoms with Crippen LogP contribution in [0.1, 0.15) is 38.3 Å². The van der Waals surface area contributed by atoms with Crippen LogP contribution in [0.2, 0.25) is 0 Å². The number of nitrogens with zero attached hydrogens (tertiary/aromatic N) is 2. The summed E-state index contributed by atoms with van der Waals surface area (Å²) in [4.78, 5) is 14.6.